The normalized spacial score (nSPS) is 10.4. The monoisotopic (exact) mass is 449 g/mol. The Labute approximate surface area is 194 Å². The van der Waals surface area contributed by atoms with E-state index in [0.29, 0.717) is 37.0 Å². The number of aryl methyl sites for hydroxylation is 1. The number of ether oxygens (including phenoxy) is 2. The Hall–Kier alpha value is -3.81. The first-order chi connectivity index (χ1) is 16.1. The number of hydrogen-bond acceptors (Lipinski definition) is 7. The molecule has 8 nitrogen and oxygen atoms in total. The van der Waals surface area contributed by atoms with E-state index < -0.39 is 0 Å². The molecule has 3 rings (SSSR count). The summed E-state index contributed by atoms with van der Waals surface area (Å²) < 4.78 is 10.8. The second-order valence-corrected chi connectivity index (χ2v) is 7.48. The molecule has 174 valence electrons. The quantitative estimate of drug-likeness (QED) is 0.349. The van der Waals surface area contributed by atoms with Gasteiger partial charge in [-0.1, -0.05) is 13.3 Å². The summed E-state index contributed by atoms with van der Waals surface area (Å²) >= 11 is 0. The highest BCUT2D eigenvalue weighted by atomic mass is 16.5. The van der Waals surface area contributed by atoms with Crippen LogP contribution in [0.1, 0.15) is 35.8 Å². The first-order valence-electron chi connectivity index (χ1n) is 11.1. The molecule has 1 amide bonds. The van der Waals surface area contributed by atoms with E-state index in [2.05, 4.69) is 32.8 Å². The Morgan fingerprint density at radius 3 is 2.39 bits per heavy atom. The molecule has 3 aromatic rings. The molecular formula is C25H31N5O3. The zero-order valence-electron chi connectivity index (χ0n) is 19.4. The van der Waals surface area contributed by atoms with E-state index in [0.717, 1.165) is 35.7 Å². The van der Waals surface area contributed by atoms with E-state index in [9.17, 15) is 4.79 Å². The molecule has 0 fully saturated rings. The third-order valence-electron chi connectivity index (χ3n) is 4.79. The van der Waals surface area contributed by atoms with Gasteiger partial charge in [0.05, 0.1) is 13.7 Å². The zero-order valence-corrected chi connectivity index (χ0v) is 19.4. The molecule has 8 heteroatoms. The molecule has 1 heterocycles. The van der Waals surface area contributed by atoms with Crippen molar-refractivity contribution in [2.75, 3.05) is 37.4 Å². The van der Waals surface area contributed by atoms with Crippen LogP contribution >= 0.6 is 0 Å². The van der Waals surface area contributed by atoms with Gasteiger partial charge in [-0.3, -0.25) is 4.79 Å². The topological polar surface area (TPSA) is 97.4 Å². The van der Waals surface area contributed by atoms with Crippen molar-refractivity contribution in [1.29, 1.82) is 0 Å². The second kappa shape index (κ2) is 12.3. The van der Waals surface area contributed by atoms with Crippen LogP contribution in [0.3, 0.4) is 0 Å². The first-order valence-corrected chi connectivity index (χ1v) is 11.1. The predicted molar refractivity (Wildman–Crippen MR) is 131 cm³/mol. The molecule has 2 aromatic carbocycles. The van der Waals surface area contributed by atoms with Gasteiger partial charge in [0, 0.05) is 36.1 Å². The number of aromatic nitrogens is 2. The number of nitrogens with zero attached hydrogens (tertiary/aromatic N) is 2. The number of hydrogen-bond donors (Lipinski definition) is 3. The van der Waals surface area contributed by atoms with E-state index in [1.165, 1.54) is 0 Å². The van der Waals surface area contributed by atoms with Gasteiger partial charge in [0.15, 0.2) is 0 Å². The molecule has 0 spiro atoms. The Bertz CT molecular complexity index is 1020. The van der Waals surface area contributed by atoms with Crippen molar-refractivity contribution in [2.45, 2.75) is 26.7 Å². The molecule has 0 saturated carbocycles. The van der Waals surface area contributed by atoms with Crippen molar-refractivity contribution >= 4 is 23.4 Å². The van der Waals surface area contributed by atoms with Gasteiger partial charge in [-0.25, -0.2) is 4.98 Å². The van der Waals surface area contributed by atoms with E-state index in [4.69, 9.17) is 9.47 Å². The van der Waals surface area contributed by atoms with Crippen LogP contribution in [-0.4, -0.2) is 42.7 Å². The molecule has 0 aliphatic heterocycles. The third-order valence-corrected chi connectivity index (χ3v) is 4.79. The number of methoxy groups -OCH3 is 1. The minimum atomic E-state index is -0.135. The molecular weight excluding hydrogens is 418 g/mol. The second-order valence-electron chi connectivity index (χ2n) is 7.48. The fourth-order valence-corrected chi connectivity index (χ4v) is 3.02. The van der Waals surface area contributed by atoms with Crippen LogP contribution in [0, 0.1) is 6.92 Å². The van der Waals surface area contributed by atoms with E-state index in [-0.39, 0.29) is 5.91 Å². The number of carbonyl (C=O) groups is 1. The maximum absolute atomic E-state index is 12.4. The molecule has 0 radical (unpaired) electrons. The van der Waals surface area contributed by atoms with Crippen molar-refractivity contribution in [1.82, 2.24) is 15.3 Å². The Balaban J connectivity index is 1.46. The molecule has 0 unspecified atom stereocenters. The lowest BCUT2D eigenvalue weighted by Gasteiger charge is -2.11. The van der Waals surface area contributed by atoms with Crippen LogP contribution < -0.4 is 25.4 Å². The highest BCUT2D eigenvalue weighted by molar-refractivity contribution is 5.94. The van der Waals surface area contributed by atoms with Crippen LogP contribution in [0.15, 0.2) is 54.6 Å². The van der Waals surface area contributed by atoms with Crippen LogP contribution in [0.25, 0.3) is 0 Å². The Morgan fingerprint density at radius 2 is 1.70 bits per heavy atom. The lowest BCUT2D eigenvalue weighted by Crippen LogP contribution is -2.29. The van der Waals surface area contributed by atoms with Gasteiger partial charge in [-0.05, 0) is 61.9 Å². The lowest BCUT2D eigenvalue weighted by atomic mass is 10.2. The summed E-state index contributed by atoms with van der Waals surface area (Å²) in [5.74, 6) is 2.61. The van der Waals surface area contributed by atoms with Crippen molar-refractivity contribution in [3.63, 3.8) is 0 Å². The standard InChI is InChI=1S/C25H31N5O3/c1-4-5-16-33-22-10-6-19(7-11-22)24(31)26-14-15-27-25-28-18(2)17-23(30-25)29-20-8-12-21(32-3)13-9-20/h6-13,17H,4-5,14-16H2,1-3H3,(H,26,31)(H2,27,28,29,30). The Kier molecular flexibility index (Phi) is 8.88. The van der Waals surface area contributed by atoms with Crippen LogP contribution in [0.5, 0.6) is 11.5 Å². The first kappa shape index (κ1) is 23.8. The minimum Gasteiger partial charge on any atom is -0.497 e. The van der Waals surface area contributed by atoms with Gasteiger partial charge in [0.1, 0.15) is 17.3 Å². The molecule has 0 saturated heterocycles. The number of unbranched alkanes of at least 4 members (excludes halogenated alkanes) is 1. The molecule has 1 aromatic heterocycles. The molecule has 0 bridgehead atoms. The molecule has 0 atom stereocenters. The SMILES string of the molecule is CCCCOc1ccc(C(=O)NCCNc2nc(C)cc(Nc3ccc(OC)cc3)n2)cc1. The maximum atomic E-state index is 12.4. The Morgan fingerprint density at radius 1 is 0.970 bits per heavy atom. The number of benzene rings is 2. The summed E-state index contributed by atoms with van der Waals surface area (Å²) in [5, 5.41) is 9.31. The molecule has 0 aliphatic carbocycles. The predicted octanol–water partition coefficient (Wildman–Crippen LogP) is 4.56. The van der Waals surface area contributed by atoms with Crippen molar-refractivity contribution in [3.8, 4) is 11.5 Å². The van der Waals surface area contributed by atoms with Crippen LogP contribution in [0.2, 0.25) is 0 Å². The summed E-state index contributed by atoms with van der Waals surface area (Å²) in [6, 6.07) is 16.6. The molecule has 0 aliphatic rings. The highest BCUT2D eigenvalue weighted by Gasteiger charge is 2.06. The molecule has 33 heavy (non-hydrogen) atoms. The van der Waals surface area contributed by atoms with Gasteiger partial charge >= 0.3 is 0 Å². The van der Waals surface area contributed by atoms with Gasteiger partial charge in [-0.2, -0.15) is 4.98 Å². The summed E-state index contributed by atoms with van der Waals surface area (Å²) in [7, 11) is 1.64. The van der Waals surface area contributed by atoms with Gasteiger partial charge < -0.3 is 25.4 Å². The zero-order chi connectivity index (χ0) is 23.5. The third kappa shape index (κ3) is 7.68. The largest absolute Gasteiger partial charge is 0.497 e. The maximum Gasteiger partial charge on any atom is 0.251 e. The number of anilines is 3. The van der Waals surface area contributed by atoms with Gasteiger partial charge in [0.2, 0.25) is 5.95 Å². The van der Waals surface area contributed by atoms with E-state index >= 15 is 0 Å². The van der Waals surface area contributed by atoms with Crippen LogP contribution in [0.4, 0.5) is 17.5 Å². The molecule has 3 N–H and O–H groups in total. The highest BCUT2D eigenvalue weighted by Crippen LogP contribution is 2.20. The van der Waals surface area contributed by atoms with Crippen LogP contribution in [-0.2, 0) is 0 Å². The summed E-state index contributed by atoms with van der Waals surface area (Å²) in [6.07, 6.45) is 2.10. The smallest absolute Gasteiger partial charge is 0.251 e. The fourth-order valence-electron chi connectivity index (χ4n) is 3.02. The summed E-state index contributed by atoms with van der Waals surface area (Å²) in [5.41, 5.74) is 2.32. The number of amides is 1. The van der Waals surface area contributed by atoms with E-state index in [1.54, 1.807) is 19.2 Å². The number of carbonyl (C=O) groups excluding carboxylic acids is 1. The summed E-state index contributed by atoms with van der Waals surface area (Å²) in [6.45, 7) is 5.65. The lowest BCUT2D eigenvalue weighted by molar-refractivity contribution is 0.0955. The average Bonchev–Trinajstić information content (AvgIpc) is 2.82. The van der Waals surface area contributed by atoms with Gasteiger partial charge in [-0.15, -0.1) is 0 Å². The number of rotatable bonds is 12. The summed E-state index contributed by atoms with van der Waals surface area (Å²) in [4.78, 5) is 21.3. The van der Waals surface area contributed by atoms with Crippen molar-refractivity contribution < 1.29 is 14.3 Å². The average molecular weight is 450 g/mol. The van der Waals surface area contributed by atoms with E-state index in [1.807, 2.05) is 49.4 Å². The fraction of sp³-hybridized carbons (Fsp3) is 0.320. The van der Waals surface area contributed by atoms with Crippen molar-refractivity contribution in [2.24, 2.45) is 0 Å². The van der Waals surface area contributed by atoms with Gasteiger partial charge in [0.25, 0.3) is 5.91 Å². The number of nitrogens with one attached hydrogen (secondary N) is 3. The van der Waals surface area contributed by atoms with Crippen molar-refractivity contribution in [3.05, 3.63) is 65.9 Å². The minimum absolute atomic E-state index is 0.135.